The lowest BCUT2D eigenvalue weighted by atomic mass is 9.87. The normalized spacial score (nSPS) is 16.1. The Balaban J connectivity index is 2.28. The Labute approximate surface area is 105 Å². The highest BCUT2D eigenvalue weighted by Crippen LogP contribution is 2.32. The Kier molecular flexibility index (Phi) is 4.43. The van der Waals surface area contributed by atoms with Gasteiger partial charge in [0.1, 0.15) is 0 Å². The van der Waals surface area contributed by atoms with Crippen molar-refractivity contribution in [3.8, 4) is 0 Å². The first-order valence-corrected chi connectivity index (χ1v) is 6.87. The molecule has 0 radical (unpaired) electrons. The average Bonchev–Trinajstić information content (AvgIpc) is 2.38. The molecule has 1 aliphatic heterocycles. The Bertz CT molecular complexity index is 354. The molecule has 1 aromatic carbocycles. The van der Waals surface area contributed by atoms with Crippen LogP contribution in [0.2, 0.25) is 0 Å². The highest BCUT2D eigenvalue weighted by atomic mass is 14.9. The van der Waals surface area contributed by atoms with Crippen molar-refractivity contribution >= 4 is 5.69 Å². The molecule has 2 rings (SSSR count). The SMILES string of the molecule is CCC[C@@H](CNC)c1cccc2c1CCCN2. The topological polar surface area (TPSA) is 24.1 Å². The summed E-state index contributed by atoms with van der Waals surface area (Å²) in [5.74, 6) is 0.667. The van der Waals surface area contributed by atoms with Gasteiger partial charge in [-0.25, -0.2) is 0 Å². The molecule has 17 heavy (non-hydrogen) atoms. The van der Waals surface area contributed by atoms with E-state index in [-0.39, 0.29) is 0 Å². The maximum Gasteiger partial charge on any atom is 0.0375 e. The van der Waals surface area contributed by atoms with Gasteiger partial charge in [0.05, 0.1) is 0 Å². The standard InChI is InChI=1S/C15H24N2/c1-3-6-12(11-16-2)13-7-4-9-15-14(13)8-5-10-17-15/h4,7,9,12,16-17H,3,5-6,8,10-11H2,1-2H3/t12-/m0/s1. The zero-order valence-electron chi connectivity index (χ0n) is 11.1. The van der Waals surface area contributed by atoms with E-state index < -0.39 is 0 Å². The van der Waals surface area contributed by atoms with Gasteiger partial charge >= 0.3 is 0 Å². The zero-order valence-corrected chi connectivity index (χ0v) is 11.1. The molecular formula is C15H24N2. The molecule has 94 valence electrons. The van der Waals surface area contributed by atoms with Crippen LogP contribution in [-0.2, 0) is 6.42 Å². The summed E-state index contributed by atoms with van der Waals surface area (Å²) in [5.41, 5.74) is 4.49. The molecular weight excluding hydrogens is 208 g/mol. The maximum absolute atomic E-state index is 3.52. The lowest BCUT2D eigenvalue weighted by molar-refractivity contribution is 0.570. The summed E-state index contributed by atoms with van der Waals surface area (Å²) in [6.07, 6.45) is 5.03. The molecule has 2 heteroatoms. The van der Waals surface area contributed by atoms with Crippen molar-refractivity contribution in [3.63, 3.8) is 0 Å². The predicted molar refractivity (Wildman–Crippen MR) is 74.8 cm³/mol. The van der Waals surface area contributed by atoms with Crippen LogP contribution in [0.15, 0.2) is 18.2 Å². The summed E-state index contributed by atoms with van der Waals surface area (Å²) in [4.78, 5) is 0. The number of rotatable bonds is 5. The molecule has 0 aliphatic carbocycles. The zero-order chi connectivity index (χ0) is 12.1. The van der Waals surface area contributed by atoms with Crippen LogP contribution in [-0.4, -0.2) is 20.1 Å². The van der Waals surface area contributed by atoms with Crippen LogP contribution in [0.5, 0.6) is 0 Å². The van der Waals surface area contributed by atoms with Gasteiger partial charge in [-0.05, 0) is 49.4 Å². The summed E-state index contributed by atoms with van der Waals surface area (Å²) < 4.78 is 0. The van der Waals surface area contributed by atoms with Crippen molar-refractivity contribution in [3.05, 3.63) is 29.3 Å². The van der Waals surface area contributed by atoms with Gasteiger partial charge in [-0.15, -0.1) is 0 Å². The highest BCUT2D eigenvalue weighted by Gasteiger charge is 2.18. The van der Waals surface area contributed by atoms with E-state index in [0.717, 1.165) is 13.1 Å². The third kappa shape index (κ3) is 2.81. The van der Waals surface area contributed by atoms with E-state index in [4.69, 9.17) is 0 Å². The first-order chi connectivity index (χ1) is 8.36. The number of hydrogen-bond acceptors (Lipinski definition) is 2. The number of anilines is 1. The maximum atomic E-state index is 3.52. The lowest BCUT2D eigenvalue weighted by Crippen LogP contribution is -2.21. The van der Waals surface area contributed by atoms with Gasteiger partial charge in [-0.3, -0.25) is 0 Å². The summed E-state index contributed by atoms with van der Waals surface area (Å²) in [6, 6.07) is 6.74. The Morgan fingerprint density at radius 1 is 1.41 bits per heavy atom. The molecule has 1 atom stereocenters. The van der Waals surface area contributed by atoms with E-state index in [9.17, 15) is 0 Å². The molecule has 0 spiro atoms. The molecule has 2 nitrogen and oxygen atoms in total. The van der Waals surface area contributed by atoms with E-state index in [1.54, 1.807) is 11.1 Å². The fourth-order valence-electron chi connectivity index (χ4n) is 2.88. The van der Waals surface area contributed by atoms with Gasteiger partial charge in [-0.1, -0.05) is 25.5 Å². The van der Waals surface area contributed by atoms with E-state index in [2.05, 4.69) is 42.8 Å². The van der Waals surface area contributed by atoms with Crippen molar-refractivity contribution in [2.45, 2.75) is 38.5 Å². The second kappa shape index (κ2) is 6.06. The minimum absolute atomic E-state index is 0.667. The van der Waals surface area contributed by atoms with Crippen LogP contribution >= 0.6 is 0 Å². The van der Waals surface area contributed by atoms with Gasteiger partial charge in [0.15, 0.2) is 0 Å². The summed E-state index contributed by atoms with van der Waals surface area (Å²) >= 11 is 0. The average molecular weight is 232 g/mol. The van der Waals surface area contributed by atoms with Gasteiger partial charge in [0.25, 0.3) is 0 Å². The molecule has 1 heterocycles. The number of fused-ring (bicyclic) bond motifs is 1. The minimum Gasteiger partial charge on any atom is -0.385 e. The fraction of sp³-hybridized carbons (Fsp3) is 0.600. The molecule has 0 unspecified atom stereocenters. The molecule has 2 N–H and O–H groups in total. The number of hydrogen-bond donors (Lipinski definition) is 2. The molecule has 1 aliphatic rings. The minimum atomic E-state index is 0.667. The van der Waals surface area contributed by atoms with Crippen LogP contribution in [0.1, 0.15) is 43.2 Å². The molecule has 0 saturated heterocycles. The van der Waals surface area contributed by atoms with Crippen LogP contribution < -0.4 is 10.6 Å². The van der Waals surface area contributed by atoms with E-state index in [0.29, 0.717) is 5.92 Å². The van der Waals surface area contributed by atoms with Crippen molar-refractivity contribution in [1.82, 2.24) is 5.32 Å². The molecule has 0 saturated carbocycles. The molecule has 0 amide bonds. The third-order valence-corrected chi connectivity index (χ3v) is 3.66. The summed E-state index contributed by atoms with van der Waals surface area (Å²) in [7, 11) is 2.05. The highest BCUT2D eigenvalue weighted by molar-refractivity contribution is 5.57. The van der Waals surface area contributed by atoms with Crippen molar-refractivity contribution in [1.29, 1.82) is 0 Å². The quantitative estimate of drug-likeness (QED) is 0.815. The largest absolute Gasteiger partial charge is 0.385 e. The first kappa shape index (κ1) is 12.4. The van der Waals surface area contributed by atoms with Gasteiger partial charge in [0.2, 0.25) is 0 Å². The Hall–Kier alpha value is -1.02. The first-order valence-electron chi connectivity index (χ1n) is 6.87. The van der Waals surface area contributed by atoms with Gasteiger partial charge in [0, 0.05) is 18.8 Å². The summed E-state index contributed by atoms with van der Waals surface area (Å²) in [5, 5.41) is 6.86. The Morgan fingerprint density at radius 3 is 3.06 bits per heavy atom. The molecule has 1 aromatic rings. The molecule has 0 aromatic heterocycles. The number of benzene rings is 1. The van der Waals surface area contributed by atoms with Crippen LogP contribution in [0.3, 0.4) is 0 Å². The van der Waals surface area contributed by atoms with E-state index in [1.165, 1.54) is 31.4 Å². The smallest absolute Gasteiger partial charge is 0.0375 e. The van der Waals surface area contributed by atoms with Crippen LogP contribution in [0.25, 0.3) is 0 Å². The van der Waals surface area contributed by atoms with E-state index in [1.807, 2.05) is 0 Å². The second-order valence-corrected chi connectivity index (χ2v) is 4.95. The second-order valence-electron chi connectivity index (χ2n) is 4.95. The van der Waals surface area contributed by atoms with Crippen LogP contribution in [0.4, 0.5) is 5.69 Å². The monoisotopic (exact) mass is 232 g/mol. The van der Waals surface area contributed by atoms with Crippen molar-refractivity contribution < 1.29 is 0 Å². The fourth-order valence-corrected chi connectivity index (χ4v) is 2.88. The third-order valence-electron chi connectivity index (χ3n) is 3.66. The van der Waals surface area contributed by atoms with Crippen molar-refractivity contribution in [2.24, 2.45) is 0 Å². The Morgan fingerprint density at radius 2 is 2.29 bits per heavy atom. The summed E-state index contributed by atoms with van der Waals surface area (Å²) in [6.45, 7) is 4.49. The van der Waals surface area contributed by atoms with Crippen LogP contribution in [0, 0.1) is 0 Å². The van der Waals surface area contributed by atoms with Gasteiger partial charge in [-0.2, -0.15) is 0 Å². The van der Waals surface area contributed by atoms with E-state index >= 15 is 0 Å². The lowest BCUT2D eigenvalue weighted by Gasteiger charge is -2.25. The number of likely N-dealkylation sites (N-methyl/N-ethyl adjacent to an activating group) is 1. The van der Waals surface area contributed by atoms with Crippen molar-refractivity contribution in [2.75, 3.05) is 25.5 Å². The van der Waals surface area contributed by atoms with Gasteiger partial charge < -0.3 is 10.6 Å². The molecule has 0 fully saturated rings. The molecule has 0 bridgehead atoms. The number of nitrogens with one attached hydrogen (secondary N) is 2. The predicted octanol–water partition coefficient (Wildman–Crippen LogP) is 3.15.